The Balaban J connectivity index is 1.43. The lowest BCUT2D eigenvalue weighted by atomic mass is 9.96. The molecule has 4 atom stereocenters. The van der Waals surface area contributed by atoms with Gasteiger partial charge >= 0.3 is 0 Å². The van der Waals surface area contributed by atoms with Gasteiger partial charge in [-0.25, -0.2) is 0 Å². The minimum Gasteiger partial charge on any atom is -0.376 e. The topological polar surface area (TPSA) is 64.1 Å². The summed E-state index contributed by atoms with van der Waals surface area (Å²) in [6.45, 7) is 2.76. The van der Waals surface area contributed by atoms with Crippen LogP contribution >= 0.6 is 0 Å². The standard InChI is InChI=1S/C13H23N3O3/c1-14-13(15-7-10-8-17-4-5-18-10)16-11-6-9-2-3-12(11)19-9/h9-12H,2-8H2,1H3,(H2,14,15,16). The van der Waals surface area contributed by atoms with E-state index >= 15 is 0 Å². The first-order valence-electron chi connectivity index (χ1n) is 7.17. The molecule has 0 spiro atoms. The van der Waals surface area contributed by atoms with Crippen molar-refractivity contribution >= 4 is 5.96 Å². The van der Waals surface area contributed by atoms with Gasteiger partial charge in [-0.3, -0.25) is 4.99 Å². The Morgan fingerprint density at radius 1 is 1.32 bits per heavy atom. The zero-order valence-electron chi connectivity index (χ0n) is 11.4. The van der Waals surface area contributed by atoms with E-state index in [1.165, 1.54) is 12.8 Å². The first-order chi connectivity index (χ1) is 9.35. The van der Waals surface area contributed by atoms with Gasteiger partial charge in [-0.1, -0.05) is 0 Å². The van der Waals surface area contributed by atoms with Crippen LogP contribution in [0.2, 0.25) is 0 Å². The number of nitrogens with zero attached hydrogens (tertiary/aromatic N) is 1. The molecule has 3 heterocycles. The highest BCUT2D eigenvalue weighted by Gasteiger charge is 2.41. The normalized spacial score (nSPS) is 38.5. The number of ether oxygens (including phenoxy) is 3. The van der Waals surface area contributed by atoms with Gasteiger partial charge in [0.05, 0.1) is 44.2 Å². The molecule has 0 aromatic carbocycles. The number of guanidine groups is 1. The van der Waals surface area contributed by atoms with Crippen LogP contribution in [0.4, 0.5) is 0 Å². The first kappa shape index (κ1) is 13.1. The Morgan fingerprint density at radius 2 is 2.26 bits per heavy atom. The van der Waals surface area contributed by atoms with Crippen LogP contribution < -0.4 is 10.6 Å². The van der Waals surface area contributed by atoms with E-state index in [1.54, 1.807) is 7.05 Å². The van der Waals surface area contributed by atoms with E-state index in [1.807, 2.05) is 0 Å². The molecule has 4 unspecified atom stereocenters. The Kier molecular flexibility index (Phi) is 4.20. The quantitative estimate of drug-likeness (QED) is 0.553. The van der Waals surface area contributed by atoms with E-state index in [0.29, 0.717) is 38.1 Å². The Labute approximate surface area is 113 Å². The molecule has 3 fully saturated rings. The number of hydrogen-bond donors (Lipinski definition) is 2. The van der Waals surface area contributed by atoms with Crippen molar-refractivity contribution in [3.63, 3.8) is 0 Å². The number of nitrogens with one attached hydrogen (secondary N) is 2. The number of rotatable bonds is 3. The SMILES string of the molecule is CN=C(NCC1COCCO1)NC1CC2CCC1O2. The summed E-state index contributed by atoms with van der Waals surface area (Å²) in [5.41, 5.74) is 0. The van der Waals surface area contributed by atoms with Crippen molar-refractivity contribution in [3.8, 4) is 0 Å². The van der Waals surface area contributed by atoms with Crippen LogP contribution in [0.25, 0.3) is 0 Å². The highest BCUT2D eigenvalue weighted by molar-refractivity contribution is 5.80. The fraction of sp³-hybridized carbons (Fsp3) is 0.923. The number of fused-ring (bicyclic) bond motifs is 2. The summed E-state index contributed by atoms with van der Waals surface area (Å²) < 4.78 is 16.8. The summed E-state index contributed by atoms with van der Waals surface area (Å²) in [6, 6.07) is 0.397. The van der Waals surface area contributed by atoms with E-state index < -0.39 is 0 Å². The zero-order chi connectivity index (χ0) is 13.1. The van der Waals surface area contributed by atoms with Crippen molar-refractivity contribution in [1.82, 2.24) is 10.6 Å². The lowest BCUT2D eigenvalue weighted by molar-refractivity contribution is -0.0850. The summed E-state index contributed by atoms with van der Waals surface area (Å²) in [4.78, 5) is 4.26. The molecule has 108 valence electrons. The van der Waals surface area contributed by atoms with Gasteiger partial charge in [0, 0.05) is 13.6 Å². The summed E-state index contributed by atoms with van der Waals surface area (Å²) in [6.07, 6.45) is 4.40. The molecule has 0 saturated carbocycles. The molecule has 0 radical (unpaired) electrons. The monoisotopic (exact) mass is 269 g/mol. The van der Waals surface area contributed by atoms with Gasteiger partial charge in [0.25, 0.3) is 0 Å². The third kappa shape index (κ3) is 3.19. The fourth-order valence-electron chi connectivity index (χ4n) is 3.02. The van der Waals surface area contributed by atoms with Crippen LogP contribution in [0.5, 0.6) is 0 Å². The van der Waals surface area contributed by atoms with Gasteiger partial charge in [0.2, 0.25) is 0 Å². The molecule has 0 amide bonds. The second-order valence-electron chi connectivity index (χ2n) is 5.38. The van der Waals surface area contributed by atoms with Crippen molar-refractivity contribution in [2.75, 3.05) is 33.4 Å². The summed E-state index contributed by atoms with van der Waals surface area (Å²) in [5.74, 6) is 0.829. The van der Waals surface area contributed by atoms with Gasteiger partial charge in [-0.05, 0) is 19.3 Å². The molecular weight excluding hydrogens is 246 g/mol. The van der Waals surface area contributed by atoms with Crippen molar-refractivity contribution < 1.29 is 14.2 Å². The lowest BCUT2D eigenvalue weighted by Gasteiger charge is -2.26. The fourth-order valence-corrected chi connectivity index (χ4v) is 3.02. The molecule has 3 aliphatic heterocycles. The molecular formula is C13H23N3O3. The van der Waals surface area contributed by atoms with Crippen molar-refractivity contribution in [2.45, 2.75) is 43.6 Å². The van der Waals surface area contributed by atoms with Crippen LogP contribution in [-0.4, -0.2) is 63.7 Å². The van der Waals surface area contributed by atoms with Crippen LogP contribution in [0.1, 0.15) is 19.3 Å². The molecule has 0 aromatic rings. The molecule has 2 bridgehead atoms. The molecule has 0 aliphatic carbocycles. The average Bonchev–Trinajstić information content (AvgIpc) is 3.07. The minimum absolute atomic E-state index is 0.114. The summed E-state index contributed by atoms with van der Waals surface area (Å²) in [5, 5.41) is 6.76. The van der Waals surface area contributed by atoms with Gasteiger partial charge in [0.15, 0.2) is 5.96 Å². The van der Waals surface area contributed by atoms with E-state index in [-0.39, 0.29) is 6.10 Å². The maximum atomic E-state index is 5.83. The van der Waals surface area contributed by atoms with Gasteiger partial charge in [-0.15, -0.1) is 0 Å². The molecule has 6 nitrogen and oxygen atoms in total. The summed E-state index contributed by atoms with van der Waals surface area (Å²) >= 11 is 0. The molecule has 19 heavy (non-hydrogen) atoms. The lowest BCUT2D eigenvalue weighted by Crippen LogP contribution is -2.50. The highest BCUT2D eigenvalue weighted by atomic mass is 16.6. The van der Waals surface area contributed by atoms with Gasteiger partial charge in [0.1, 0.15) is 0 Å². The molecule has 2 N–H and O–H groups in total. The van der Waals surface area contributed by atoms with Crippen molar-refractivity contribution in [1.29, 1.82) is 0 Å². The van der Waals surface area contributed by atoms with Crippen LogP contribution in [0.3, 0.4) is 0 Å². The molecule has 3 aliphatic rings. The van der Waals surface area contributed by atoms with E-state index in [4.69, 9.17) is 14.2 Å². The second kappa shape index (κ2) is 6.07. The van der Waals surface area contributed by atoms with E-state index in [0.717, 1.165) is 18.9 Å². The zero-order valence-corrected chi connectivity index (χ0v) is 11.4. The largest absolute Gasteiger partial charge is 0.376 e. The van der Waals surface area contributed by atoms with Crippen molar-refractivity contribution in [2.24, 2.45) is 4.99 Å². The number of hydrogen-bond acceptors (Lipinski definition) is 4. The first-order valence-corrected chi connectivity index (χ1v) is 7.17. The highest BCUT2D eigenvalue weighted by Crippen LogP contribution is 2.34. The van der Waals surface area contributed by atoms with Gasteiger partial charge < -0.3 is 24.8 Å². The summed E-state index contributed by atoms with van der Waals surface area (Å²) in [7, 11) is 1.79. The average molecular weight is 269 g/mol. The van der Waals surface area contributed by atoms with Crippen molar-refractivity contribution in [3.05, 3.63) is 0 Å². The predicted molar refractivity (Wildman–Crippen MR) is 71.4 cm³/mol. The van der Waals surface area contributed by atoms with E-state index in [9.17, 15) is 0 Å². The van der Waals surface area contributed by atoms with Crippen LogP contribution in [0.15, 0.2) is 4.99 Å². The Bertz CT molecular complexity index is 331. The Morgan fingerprint density at radius 3 is 2.89 bits per heavy atom. The Hall–Kier alpha value is -0.850. The van der Waals surface area contributed by atoms with E-state index in [2.05, 4.69) is 15.6 Å². The minimum atomic E-state index is 0.114. The molecule has 3 rings (SSSR count). The second-order valence-corrected chi connectivity index (χ2v) is 5.38. The smallest absolute Gasteiger partial charge is 0.191 e. The maximum Gasteiger partial charge on any atom is 0.191 e. The molecule has 3 saturated heterocycles. The maximum absolute atomic E-state index is 5.83. The van der Waals surface area contributed by atoms with Crippen LogP contribution in [-0.2, 0) is 14.2 Å². The van der Waals surface area contributed by atoms with Crippen LogP contribution in [0, 0.1) is 0 Å². The van der Waals surface area contributed by atoms with Gasteiger partial charge in [-0.2, -0.15) is 0 Å². The number of aliphatic imine (C=N–C) groups is 1. The molecule has 0 aromatic heterocycles. The molecule has 6 heteroatoms. The predicted octanol–water partition coefficient (Wildman–Crippen LogP) is -0.113. The third-order valence-electron chi connectivity index (χ3n) is 4.03. The third-order valence-corrected chi connectivity index (χ3v) is 4.03.